The number of hydrogen-bond acceptors (Lipinski definition) is 3. The van der Waals surface area contributed by atoms with Crippen LogP contribution in [-0.4, -0.2) is 62.5 Å². The first kappa shape index (κ1) is 16.1. The first-order valence-electron chi connectivity index (χ1n) is 5.81. The summed E-state index contributed by atoms with van der Waals surface area (Å²) in [5.41, 5.74) is 0. The second kappa shape index (κ2) is 8.25. The van der Waals surface area contributed by atoms with Crippen molar-refractivity contribution in [3.63, 3.8) is 0 Å². The molecule has 1 amide bonds. The normalized spacial score (nSPS) is 19.1. The fourth-order valence-corrected chi connectivity index (χ4v) is 1.94. The summed E-state index contributed by atoms with van der Waals surface area (Å²) in [5.74, 6) is 0.471. The van der Waals surface area contributed by atoms with Crippen molar-refractivity contribution >= 4 is 29.9 Å². The number of amides is 1. The lowest BCUT2D eigenvalue weighted by Gasteiger charge is -2.34. The molecule has 5 heteroatoms. The molecule has 0 radical (unpaired) electrons. The van der Waals surface area contributed by atoms with Crippen LogP contribution < -0.4 is 5.32 Å². The average Bonchev–Trinajstić information content (AvgIpc) is 2.26. The van der Waals surface area contributed by atoms with Gasteiger partial charge in [0, 0.05) is 34.2 Å². The van der Waals surface area contributed by atoms with E-state index in [9.17, 15) is 4.79 Å². The van der Waals surface area contributed by atoms with Crippen LogP contribution >= 0.6 is 24.0 Å². The number of nitrogens with one attached hydrogen (secondary N) is 1. The van der Waals surface area contributed by atoms with Gasteiger partial charge >= 0.3 is 0 Å². The second-order valence-electron chi connectivity index (χ2n) is 4.29. The van der Waals surface area contributed by atoms with Crippen LogP contribution in [0.2, 0.25) is 0 Å². The highest BCUT2D eigenvalue weighted by Crippen LogP contribution is 2.09. The number of likely N-dealkylation sites (N-methyl/N-ethyl adjacent to an activating group) is 1. The van der Waals surface area contributed by atoms with Gasteiger partial charge in [0.1, 0.15) is 0 Å². The summed E-state index contributed by atoms with van der Waals surface area (Å²) in [4.78, 5) is 16.4. The van der Waals surface area contributed by atoms with Gasteiger partial charge < -0.3 is 15.1 Å². The van der Waals surface area contributed by atoms with Crippen LogP contribution in [0.5, 0.6) is 0 Å². The SMILES string of the molecule is CCC(CNC)C(=O)N1CCN(C)CC1.I.[HH]. The van der Waals surface area contributed by atoms with Gasteiger partial charge in [0.2, 0.25) is 5.91 Å². The molecule has 0 aliphatic carbocycles. The Labute approximate surface area is 117 Å². The predicted octanol–water partition coefficient (Wildman–Crippen LogP) is 0.870. The fourth-order valence-electron chi connectivity index (χ4n) is 1.94. The standard InChI is InChI=1S/C11H23N3O.HI.H2/c1-4-10(9-12-2)11(15)14-7-5-13(3)6-8-14;;/h10,12H,4-9H2,1-3H3;2*1H. The summed E-state index contributed by atoms with van der Waals surface area (Å²) < 4.78 is 0. The molecule has 1 heterocycles. The number of carbonyl (C=O) groups excluding carboxylic acids is 1. The minimum absolute atomic E-state index is 0. The number of nitrogens with zero attached hydrogens (tertiary/aromatic N) is 2. The van der Waals surface area contributed by atoms with Crippen molar-refractivity contribution in [2.45, 2.75) is 13.3 Å². The van der Waals surface area contributed by atoms with E-state index in [0.717, 1.165) is 39.1 Å². The number of hydrogen-bond donors (Lipinski definition) is 1. The molecule has 0 aromatic heterocycles. The molecule has 1 saturated heterocycles. The maximum absolute atomic E-state index is 12.1. The number of piperazine rings is 1. The van der Waals surface area contributed by atoms with Crippen molar-refractivity contribution in [1.82, 2.24) is 15.1 Å². The molecule has 16 heavy (non-hydrogen) atoms. The Morgan fingerprint density at radius 2 is 1.94 bits per heavy atom. The van der Waals surface area contributed by atoms with Crippen molar-refractivity contribution in [2.24, 2.45) is 5.92 Å². The van der Waals surface area contributed by atoms with Crippen molar-refractivity contribution in [1.29, 1.82) is 0 Å². The van der Waals surface area contributed by atoms with Gasteiger partial charge in [-0.25, -0.2) is 0 Å². The van der Waals surface area contributed by atoms with Gasteiger partial charge in [-0.1, -0.05) is 6.92 Å². The van der Waals surface area contributed by atoms with Gasteiger partial charge in [-0.3, -0.25) is 4.79 Å². The fraction of sp³-hybridized carbons (Fsp3) is 0.909. The van der Waals surface area contributed by atoms with Crippen LogP contribution in [0, 0.1) is 5.92 Å². The molecule has 0 saturated carbocycles. The van der Waals surface area contributed by atoms with Crippen LogP contribution in [0.25, 0.3) is 0 Å². The highest BCUT2D eigenvalue weighted by atomic mass is 127. The minimum Gasteiger partial charge on any atom is -0.340 e. The Hall–Kier alpha value is 0.120. The molecule has 0 aromatic carbocycles. The number of halogens is 1. The molecule has 1 aliphatic rings. The van der Waals surface area contributed by atoms with Crippen molar-refractivity contribution in [3.8, 4) is 0 Å². The first-order valence-corrected chi connectivity index (χ1v) is 5.81. The zero-order valence-electron chi connectivity index (χ0n) is 10.5. The summed E-state index contributed by atoms with van der Waals surface area (Å²) in [5, 5.41) is 3.09. The maximum Gasteiger partial charge on any atom is 0.227 e. The molecule has 1 fully saturated rings. The van der Waals surface area contributed by atoms with Gasteiger partial charge in [0.25, 0.3) is 0 Å². The molecule has 0 aromatic rings. The van der Waals surface area contributed by atoms with E-state index >= 15 is 0 Å². The van der Waals surface area contributed by atoms with Gasteiger partial charge in [0.15, 0.2) is 0 Å². The summed E-state index contributed by atoms with van der Waals surface area (Å²) in [6.45, 7) is 6.65. The van der Waals surface area contributed by atoms with Crippen LogP contribution in [-0.2, 0) is 4.79 Å². The predicted molar refractivity (Wildman–Crippen MR) is 79.3 cm³/mol. The zero-order valence-corrected chi connectivity index (χ0v) is 12.9. The van der Waals surface area contributed by atoms with Crippen LogP contribution in [0.1, 0.15) is 14.8 Å². The molecular formula is C11H26IN3O. The molecule has 0 bridgehead atoms. The highest BCUT2D eigenvalue weighted by Gasteiger charge is 2.24. The van der Waals surface area contributed by atoms with Crippen LogP contribution in [0.4, 0.5) is 0 Å². The lowest BCUT2D eigenvalue weighted by molar-refractivity contribution is -0.137. The molecule has 1 rings (SSSR count). The molecular weight excluding hydrogens is 317 g/mol. The molecule has 1 N–H and O–H groups in total. The summed E-state index contributed by atoms with van der Waals surface area (Å²) in [7, 11) is 4.01. The molecule has 0 spiro atoms. The molecule has 1 aliphatic heterocycles. The molecule has 4 nitrogen and oxygen atoms in total. The third-order valence-corrected chi connectivity index (χ3v) is 3.11. The number of rotatable bonds is 4. The quantitative estimate of drug-likeness (QED) is 0.770. The topological polar surface area (TPSA) is 35.6 Å². The van der Waals surface area contributed by atoms with E-state index in [1.54, 1.807) is 0 Å². The summed E-state index contributed by atoms with van der Waals surface area (Å²) in [6, 6.07) is 0. The van der Waals surface area contributed by atoms with Crippen LogP contribution in [0.3, 0.4) is 0 Å². The Bertz CT molecular complexity index is 211. The minimum atomic E-state index is 0. The van der Waals surface area contributed by atoms with Crippen molar-refractivity contribution < 1.29 is 6.22 Å². The lowest BCUT2D eigenvalue weighted by Crippen LogP contribution is -2.50. The van der Waals surface area contributed by atoms with E-state index in [1.807, 2.05) is 11.9 Å². The van der Waals surface area contributed by atoms with E-state index in [4.69, 9.17) is 0 Å². The molecule has 1 atom stereocenters. The maximum atomic E-state index is 12.1. The summed E-state index contributed by atoms with van der Waals surface area (Å²) >= 11 is 0. The van der Waals surface area contributed by atoms with Crippen molar-refractivity contribution in [2.75, 3.05) is 46.8 Å². The Morgan fingerprint density at radius 1 is 1.38 bits per heavy atom. The van der Waals surface area contributed by atoms with E-state index < -0.39 is 0 Å². The molecule has 98 valence electrons. The van der Waals surface area contributed by atoms with Crippen LogP contribution in [0.15, 0.2) is 0 Å². The Morgan fingerprint density at radius 3 is 2.38 bits per heavy atom. The van der Waals surface area contributed by atoms with E-state index in [0.29, 0.717) is 5.91 Å². The monoisotopic (exact) mass is 343 g/mol. The first-order chi connectivity index (χ1) is 7.19. The zero-order chi connectivity index (χ0) is 11.3. The van der Waals surface area contributed by atoms with Gasteiger partial charge in [-0.15, -0.1) is 24.0 Å². The average molecular weight is 343 g/mol. The van der Waals surface area contributed by atoms with Gasteiger partial charge in [-0.2, -0.15) is 0 Å². The summed E-state index contributed by atoms with van der Waals surface area (Å²) in [6.07, 6.45) is 0.923. The van der Waals surface area contributed by atoms with E-state index in [-0.39, 0.29) is 31.3 Å². The molecule has 1 unspecified atom stereocenters. The lowest BCUT2D eigenvalue weighted by atomic mass is 10.0. The Balaban J connectivity index is 0. The van der Waals surface area contributed by atoms with Gasteiger partial charge in [0.05, 0.1) is 5.92 Å². The van der Waals surface area contributed by atoms with Gasteiger partial charge in [-0.05, 0) is 20.5 Å². The smallest absolute Gasteiger partial charge is 0.227 e. The third kappa shape index (κ3) is 4.55. The highest BCUT2D eigenvalue weighted by molar-refractivity contribution is 14.0. The Kier molecular flexibility index (Phi) is 8.31. The largest absolute Gasteiger partial charge is 0.340 e. The second-order valence-corrected chi connectivity index (χ2v) is 4.29. The number of carbonyl (C=O) groups is 1. The third-order valence-electron chi connectivity index (χ3n) is 3.11. The van der Waals surface area contributed by atoms with Crippen molar-refractivity contribution in [3.05, 3.63) is 0 Å². The van der Waals surface area contributed by atoms with E-state index in [1.165, 1.54) is 0 Å². The van der Waals surface area contributed by atoms with E-state index in [2.05, 4.69) is 24.2 Å².